The number of aromatic nitrogens is 4. The number of nitrogens with zero attached hydrogens (tertiary/aromatic N) is 4. The van der Waals surface area contributed by atoms with Crippen LogP contribution in [-0.4, -0.2) is 31.4 Å². The molecule has 144 valence electrons. The minimum atomic E-state index is -0.0848. The van der Waals surface area contributed by atoms with Gasteiger partial charge in [-0.15, -0.1) is 16.8 Å². The van der Waals surface area contributed by atoms with Crippen LogP contribution < -0.4 is 5.32 Å². The number of anilines is 1. The lowest BCUT2D eigenvalue weighted by Gasteiger charge is -2.09. The molecule has 2 heterocycles. The van der Waals surface area contributed by atoms with Crippen molar-refractivity contribution in [1.29, 1.82) is 0 Å². The smallest absolute Gasteiger partial charge is 0.234 e. The van der Waals surface area contributed by atoms with Crippen molar-refractivity contribution in [2.75, 3.05) is 11.1 Å². The molecule has 0 aliphatic rings. The molecule has 0 spiro atoms. The molecule has 3 rings (SSSR count). The molecule has 0 aliphatic heterocycles. The number of carbonyl (C=O) groups excluding carboxylic acids is 1. The SMILES string of the molecule is C=CCn1c(SCC(=O)Nc2ccc(C(C)C)cc2)nnc1-c1cccnc1. The maximum absolute atomic E-state index is 12.3. The predicted molar refractivity (Wildman–Crippen MR) is 113 cm³/mol. The van der Waals surface area contributed by atoms with E-state index in [0.29, 0.717) is 23.4 Å². The number of nitrogens with one attached hydrogen (secondary N) is 1. The average molecular weight is 394 g/mol. The second kappa shape index (κ2) is 9.32. The Hall–Kier alpha value is -2.93. The molecule has 0 saturated carbocycles. The van der Waals surface area contributed by atoms with Crippen molar-refractivity contribution in [3.63, 3.8) is 0 Å². The van der Waals surface area contributed by atoms with Gasteiger partial charge in [-0.25, -0.2) is 0 Å². The molecule has 0 unspecified atom stereocenters. The Kier molecular flexibility index (Phi) is 6.60. The van der Waals surface area contributed by atoms with E-state index in [9.17, 15) is 4.79 Å². The third-order valence-corrected chi connectivity index (χ3v) is 5.11. The van der Waals surface area contributed by atoms with Gasteiger partial charge in [-0.05, 0) is 35.7 Å². The van der Waals surface area contributed by atoms with E-state index in [2.05, 4.69) is 40.9 Å². The minimum absolute atomic E-state index is 0.0848. The van der Waals surface area contributed by atoms with Crippen LogP contribution in [0, 0.1) is 0 Å². The highest BCUT2D eigenvalue weighted by Crippen LogP contribution is 2.24. The van der Waals surface area contributed by atoms with Crippen LogP contribution in [0.3, 0.4) is 0 Å². The van der Waals surface area contributed by atoms with Crippen LogP contribution in [0.5, 0.6) is 0 Å². The molecule has 0 aliphatic carbocycles. The van der Waals surface area contributed by atoms with Gasteiger partial charge in [-0.2, -0.15) is 0 Å². The highest BCUT2D eigenvalue weighted by atomic mass is 32.2. The van der Waals surface area contributed by atoms with Crippen molar-refractivity contribution < 1.29 is 4.79 Å². The van der Waals surface area contributed by atoms with E-state index in [1.54, 1.807) is 18.5 Å². The van der Waals surface area contributed by atoms with Gasteiger partial charge in [0.1, 0.15) is 0 Å². The second-order valence-electron chi connectivity index (χ2n) is 6.56. The van der Waals surface area contributed by atoms with Crippen molar-refractivity contribution in [1.82, 2.24) is 19.7 Å². The highest BCUT2D eigenvalue weighted by Gasteiger charge is 2.15. The summed E-state index contributed by atoms with van der Waals surface area (Å²) in [7, 11) is 0. The fraction of sp³-hybridized carbons (Fsp3) is 0.238. The topological polar surface area (TPSA) is 72.7 Å². The summed E-state index contributed by atoms with van der Waals surface area (Å²) in [5, 5.41) is 12.1. The zero-order valence-corrected chi connectivity index (χ0v) is 16.8. The molecule has 1 N–H and O–H groups in total. The number of allylic oxidation sites excluding steroid dienone is 1. The van der Waals surface area contributed by atoms with Crippen molar-refractivity contribution in [2.24, 2.45) is 0 Å². The molecule has 0 bridgehead atoms. The van der Waals surface area contributed by atoms with Gasteiger partial charge in [0.15, 0.2) is 11.0 Å². The summed E-state index contributed by atoms with van der Waals surface area (Å²) in [5.41, 5.74) is 2.91. The number of amides is 1. The molecule has 1 aromatic carbocycles. The number of pyridine rings is 1. The number of hydrogen-bond acceptors (Lipinski definition) is 5. The molecule has 6 nitrogen and oxygen atoms in total. The van der Waals surface area contributed by atoms with E-state index in [0.717, 1.165) is 11.3 Å². The third kappa shape index (κ3) is 4.86. The lowest BCUT2D eigenvalue weighted by atomic mass is 10.0. The first kappa shape index (κ1) is 19.8. The van der Waals surface area contributed by atoms with Gasteiger partial charge in [0, 0.05) is 30.2 Å². The zero-order valence-electron chi connectivity index (χ0n) is 16.0. The van der Waals surface area contributed by atoms with Crippen LogP contribution in [0.4, 0.5) is 5.69 Å². The Morgan fingerprint density at radius 2 is 2.04 bits per heavy atom. The van der Waals surface area contributed by atoms with E-state index in [4.69, 9.17) is 0 Å². The molecule has 0 radical (unpaired) electrons. The molecule has 2 aromatic heterocycles. The second-order valence-corrected chi connectivity index (χ2v) is 7.50. The van der Waals surface area contributed by atoms with Crippen molar-refractivity contribution in [3.8, 4) is 11.4 Å². The minimum Gasteiger partial charge on any atom is -0.325 e. The van der Waals surface area contributed by atoms with Crippen LogP contribution in [0.25, 0.3) is 11.4 Å². The average Bonchev–Trinajstić information content (AvgIpc) is 3.10. The van der Waals surface area contributed by atoms with E-state index < -0.39 is 0 Å². The van der Waals surface area contributed by atoms with Crippen molar-refractivity contribution in [2.45, 2.75) is 31.5 Å². The lowest BCUT2D eigenvalue weighted by Crippen LogP contribution is -2.14. The normalized spacial score (nSPS) is 10.8. The highest BCUT2D eigenvalue weighted by molar-refractivity contribution is 7.99. The summed E-state index contributed by atoms with van der Waals surface area (Å²) in [6.07, 6.45) is 5.24. The largest absolute Gasteiger partial charge is 0.325 e. The first-order chi connectivity index (χ1) is 13.6. The lowest BCUT2D eigenvalue weighted by molar-refractivity contribution is -0.113. The summed E-state index contributed by atoms with van der Waals surface area (Å²) in [4.78, 5) is 16.5. The summed E-state index contributed by atoms with van der Waals surface area (Å²) >= 11 is 1.35. The summed E-state index contributed by atoms with van der Waals surface area (Å²) in [6, 6.07) is 11.7. The Bertz CT molecular complexity index is 935. The first-order valence-electron chi connectivity index (χ1n) is 9.05. The molecule has 7 heteroatoms. The fourth-order valence-electron chi connectivity index (χ4n) is 2.68. The molecule has 0 atom stereocenters. The Morgan fingerprint density at radius 1 is 1.25 bits per heavy atom. The van der Waals surface area contributed by atoms with Crippen LogP contribution in [0.1, 0.15) is 25.3 Å². The summed E-state index contributed by atoms with van der Waals surface area (Å²) in [5.74, 6) is 1.33. The van der Waals surface area contributed by atoms with Crippen LogP contribution in [0.2, 0.25) is 0 Å². The molecular formula is C21H23N5OS. The quantitative estimate of drug-likeness (QED) is 0.454. The number of benzene rings is 1. The van der Waals surface area contributed by atoms with Crippen molar-refractivity contribution in [3.05, 3.63) is 67.0 Å². The van der Waals surface area contributed by atoms with E-state index in [1.165, 1.54) is 17.3 Å². The summed E-state index contributed by atoms with van der Waals surface area (Å²) < 4.78 is 1.93. The first-order valence-corrected chi connectivity index (χ1v) is 10.0. The number of hydrogen-bond donors (Lipinski definition) is 1. The monoisotopic (exact) mass is 393 g/mol. The third-order valence-electron chi connectivity index (χ3n) is 4.14. The van der Waals surface area contributed by atoms with Crippen LogP contribution in [-0.2, 0) is 11.3 Å². The molecule has 0 fully saturated rings. The summed E-state index contributed by atoms with van der Waals surface area (Å²) in [6.45, 7) is 8.64. The van der Waals surface area contributed by atoms with Gasteiger partial charge < -0.3 is 5.32 Å². The number of carbonyl (C=O) groups is 1. The van der Waals surface area contributed by atoms with Gasteiger partial charge in [0.05, 0.1) is 5.75 Å². The van der Waals surface area contributed by atoms with Gasteiger partial charge in [-0.1, -0.05) is 43.8 Å². The maximum Gasteiger partial charge on any atom is 0.234 e. The molecule has 1 amide bonds. The van der Waals surface area contributed by atoms with Crippen LogP contribution >= 0.6 is 11.8 Å². The van der Waals surface area contributed by atoms with E-state index >= 15 is 0 Å². The Labute approximate surface area is 169 Å². The zero-order chi connectivity index (χ0) is 19.9. The molecule has 3 aromatic rings. The fourth-order valence-corrected chi connectivity index (χ4v) is 3.42. The number of rotatable bonds is 8. The standard InChI is InChI=1S/C21H23N5OS/c1-4-12-26-20(17-6-5-11-22-13-17)24-25-21(26)28-14-19(27)23-18-9-7-16(8-10-18)15(2)3/h4-11,13,15H,1,12,14H2,2-3H3,(H,23,27). The Balaban J connectivity index is 1.66. The maximum atomic E-state index is 12.3. The molecule has 28 heavy (non-hydrogen) atoms. The van der Waals surface area contributed by atoms with Gasteiger partial charge in [0.25, 0.3) is 0 Å². The van der Waals surface area contributed by atoms with E-state index in [-0.39, 0.29) is 11.7 Å². The van der Waals surface area contributed by atoms with Gasteiger partial charge in [0.2, 0.25) is 5.91 Å². The molecular weight excluding hydrogens is 370 g/mol. The molecule has 0 saturated heterocycles. The van der Waals surface area contributed by atoms with Crippen molar-refractivity contribution >= 4 is 23.4 Å². The predicted octanol–water partition coefficient (Wildman–Crippen LogP) is 4.38. The van der Waals surface area contributed by atoms with E-state index in [1.807, 2.05) is 41.0 Å². The van der Waals surface area contributed by atoms with Crippen LogP contribution in [0.15, 0.2) is 66.6 Å². The van der Waals surface area contributed by atoms with Gasteiger partial charge in [-0.3, -0.25) is 14.3 Å². The van der Waals surface area contributed by atoms with Gasteiger partial charge >= 0.3 is 0 Å². The Morgan fingerprint density at radius 3 is 2.68 bits per heavy atom. The number of thioether (sulfide) groups is 1.